The lowest BCUT2D eigenvalue weighted by atomic mass is 9.72. The Hall–Kier alpha value is -4.03. The van der Waals surface area contributed by atoms with Crippen molar-refractivity contribution in [2.45, 2.75) is 76.7 Å². The van der Waals surface area contributed by atoms with Crippen molar-refractivity contribution in [2.24, 2.45) is 5.92 Å². The molecule has 6 heteroatoms. The first-order chi connectivity index (χ1) is 21.5. The Balaban J connectivity index is 0.000000444. The summed E-state index contributed by atoms with van der Waals surface area (Å²) in [5.74, 6) is -1.50. The van der Waals surface area contributed by atoms with Gasteiger partial charge in [-0.3, -0.25) is 4.79 Å². The fraction of sp³-hybridized carbons (Fsp3) is 0.410. The van der Waals surface area contributed by atoms with Gasteiger partial charge in [0.15, 0.2) is 11.3 Å². The molecule has 0 atom stereocenters. The number of quaternary nitrogens is 1. The quantitative estimate of drug-likeness (QED) is 0.121. The summed E-state index contributed by atoms with van der Waals surface area (Å²) in [6.07, 6.45) is 8.79. The first-order valence-electron chi connectivity index (χ1n) is 16.3. The van der Waals surface area contributed by atoms with Gasteiger partial charge in [-0.15, -0.1) is 0 Å². The standard InChI is InChI=1S/C35H42NO.C4H4O4/c1-34(2,3)29-19-17-28(18-20-29)33(37)14-8-9-23-36-24-21-30(22-25-36)35(36)31-12-6-4-10-26(31)15-16-27-11-5-7-13-32(27)35;5-3(6)1-2-4(7)8/h4-7,10-13,17-20,30H,8-9,14-16,21-25H2,1-3H3;1-2H,(H,5,6)(H,7,8)/q+1;/b;2-1-. The molecule has 2 fully saturated rings. The molecule has 3 aliphatic rings. The van der Waals surface area contributed by atoms with Crippen LogP contribution in [0.25, 0.3) is 0 Å². The Morgan fingerprint density at radius 1 is 0.778 bits per heavy atom. The maximum absolute atomic E-state index is 13.0. The predicted octanol–water partition coefficient (Wildman–Crippen LogP) is 7.33. The minimum atomic E-state index is -1.26. The minimum absolute atomic E-state index is 0.0937. The van der Waals surface area contributed by atoms with E-state index in [1.165, 1.54) is 42.5 Å². The number of carbonyl (C=O) groups excluding carboxylic acids is 1. The highest BCUT2D eigenvalue weighted by atomic mass is 16.4. The number of ketones is 1. The van der Waals surface area contributed by atoms with E-state index in [1.807, 2.05) is 12.1 Å². The van der Waals surface area contributed by atoms with Crippen molar-refractivity contribution in [2.75, 3.05) is 19.6 Å². The predicted molar refractivity (Wildman–Crippen MR) is 176 cm³/mol. The zero-order valence-electron chi connectivity index (χ0n) is 26.8. The van der Waals surface area contributed by atoms with Crippen LogP contribution in [0.15, 0.2) is 84.9 Å². The Morgan fingerprint density at radius 3 is 1.78 bits per heavy atom. The Bertz CT molecular complexity index is 1510. The number of piperidine rings is 1. The first kappa shape index (κ1) is 32.4. The summed E-state index contributed by atoms with van der Waals surface area (Å²) in [5.41, 5.74) is 8.69. The number of aliphatic carboxylic acids is 2. The Labute approximate surface area is 267 Å². The van der Waals surface area contributed by atoms with Crippen molar-refractivity contribution in [1.29, 1.82) is 0 Å². The van der Waals surface area contributed by atoms with Gasteiger partial charge in [-0.1, -0.05) is 93.6 Å². The monoisotopic (exact) mass is 608 g/mol. The van der Waals surface area contributed by atoms with Crippen LogP contribution in [0.5, 0.6) is 0 Å². The summed E-state index contributed by atoms with van der Waals surface area (Å²) in [5, 5.41) is 15.6. The zero-order valence-corrected chi connectivity index (χ0v) is 26.8. The highest BCUT2D eigenvalue weighted by Crippen LogP contribution is 2.61. The van der Waals surface area contributed by atoms with Crippen LogP contribution in [0.4, 0.5) is 0 Å². The highest BCUT2D eigenvalue weighted by molar-refractivity contribution is 5.96. The first-order valence-corrected chi connectivity index (χ1v) is 16.3. The van der Waals surface area contributed by atoms with Crippen LogP contribution in [0.2, 0.25) is 0 Å². The van der Waals surface area contributed by atoms with Crippen molar-refractivity contribution in [3.8, 4) is 0 Å². The van der Waals surface area contributed by atoms with Gasteiger partial charge >= 0.3 is 11.9 Å². The summed E-state index contributed by atoms with van der Waals surface area (Å²) >= 11 is 0. The van der Waals surface area contributed by atoms with E-state index >= 15 is 0 Å². The Kier molecular flexibility index (Phi) is 9.45. The molecule has 1 aliphatic carbocycles. The maximum Gasteiger partial charge on any atom is 0.328 e. The number of hydrogen-bond donors (Lipinski definition) is 2. The number of carbonyl (C=O) groups is 3. The average molecular weight is 609 g/mol. The maximum atomic E-state index is 13.0. The summed E-state index contributed by atoms with van der Waals surface area (Å²) in [6, 6.07) is 27.0. The highest BCUT2D eigenvalue weighted by Gasteiger charge is 2.67. The van der Waals surface area contributed by atoms with Crippen LogP contribution in [0.3, 0.4) is 0 Å². The lowest BCUT2D eigenvalue weighted by Gasteiger charge is -2.47. The van der Waals surface area contributed by atoms with Crippen LogP contribution in [0.1, 0.15) is 91.1 Å². The summed E-state index contributed by atoms with van der Waals surface area (Å²) in [4.78, 5) is 32.1. The van der Waals surface area contributed by atoms with Gasteiger partial charge < -0.3 is 14.7 Å². The molecule has 2 heterocycles. The third-order valence-corrected chi connectivity index (χ3v) is 10.4. The Morgan fingerprint density at radius 2 is 1.29 bits per heavy atom. The summed E-state index contributed by atoms with van der Waals surface area (Å²) in [6.45, 7) is 10.4. The second-order valence-electron chi connectivity index (χ2n) is 13.9. The van der Waals surface area contributed by atoms with Gasteiger partial charge in [0.1, 0.15) is 0 Å². The number of carboxylic acid groups (broad SMARTS) is 2. The van der Waals surface area contributed by atoms with Crippen LogP contribution in [-0.2, 0) is 33.4 Å². The van der Waals surface area contributed by atoms with E-state index in [9.17, 15) is 14.4 Å². The number of fused-ring (bicyclic) bond motifs is 2. The van der Waals surface area contributed by atoms with E-state index < -0.39 is 11.9 Å². The largest absolute Gasteiger partial charge is 0.478 e. The molecule has 236 valence electrons. The molecule has 2 aliphatic heterocycles. The molecule has 1 spiro atoms. The number of rotatable bonds is 8. The molecular formula is C39H46NO5+. The number of Topliss-reactive ketones (excluding diaryl/α,β-unsaturated/α-hetero) is 1. The van der Waals surface area contributed by atoms with E-state index in [1.54, 1.807) is 22.3 Å². The van der Waals surface area contributed by atoms with Crippen LogP contribution >= 0.6 is 0 Å². The van der Waals surface area contributed by atoms with Gasteiger partial charge in [-0.2, -0.15) is 0 Å². The molecule has 2 saturated heterocycles. The topological polar surface area (TPSA) is 91.7 Å². The van der Waals surface area contributed by atoms with E-state index in [-0.39, 0.29) is 11.0 Å². The van der Waals surface area contributed by atoms with Crippen LogP contribution < -0.4 is 0 Å². The number of aryl methyl sites for hydroxylation is 2. The van der Waals surface area contributed by atoms with Crippen molar-refractivity contribution in [3.63, 3.8) is 0 Å². The van der Waals surface area contributed by atoms with Crippen molar-refractivity contribution in [3.05, 3.63) is 118 Å². The normalized spacial score (nSPS) is 21.0. The molecule has 45 heavy (non-hydrogen) atoms. The molecule has 0 saturated carbocycles. The lowest BCUT2D eigenvalue weighted by molar-refractivity contribution is -0.956. The van der Waals surface area contributed by atoms with E-state index in [2.05, 4.69) is 81.4 Å². The molecule has 3 aromatic rings. The van der Waals surface area contributed by atoms with Crippen LogP contribution in [-0.4, -0.2) is 52.1 Å². The number of nitrogens with zero attached hydrogens (tertiary/aromatic N) is 1. The second kappa shape index (κ2) is 13.1. The summed E-state index contributed by atoms with van der Waals surface area (Å²) < 4.78 is 1.19. The minimum Gasteiger partial charge on any atom is -0.478 e. The summed E-state index contributed by atoms with van der Waals surface area (Å²) in [7, 11) is 0. The fourth-order valence-corrected chi connectivity index (χ4v) is 8.35. The molecule has 0 radical (unpaired) electrons. The van der Waals surface area contributed by atoms with Gasteiger partial charge in [0, 0.05) is 54.0 Å². The molecule has 0 amide bonds. The van der Waals surface area contributed by atoms with E-state index in [0.717, 1.165) is 37.2 Å². The van der Waals surface area contributed by atoms with Crippen LogP contribution in [0, 0.1) is 5.92 Å². The van der Waals surface area contributed by atoms with Gasteiger partial charge in [0.2, 0.25) is 0 Å². The second-order valence-corrected chi connectivity index (χ2v) is 13.9. The third-order valence-electron chi connectivity index (χ3n) is 10.4. The molecule has 3 aromatic carbocycles. The third kappa shape index (κ3) is 6.39. The zero-order chi connectivity index (χ0) is 32.2. The van der Waals surface area contributed by atoms with Gasteiger partial charge in [-0.25, -0.2) is 9.59 Å². The molecule has 0 aromatic heterocycles. The van der Waals surface area contributed by atoms with Crippen molar-refractivity contribution in [1.82, 2.24) is 0 Å². The smallest absolute Gasteiger partial charge is 0.328 e. The molecule has 0 unspecified atom stereocenters. The number of carboxylic acids is 2. The van der Waals surface area contributed by atoms with E-state index in [0.29, 0.717) is 24.4 Å². The molecular weight excluding hydrogens is 562 g/mol. The fourth-order valence-electron chi connectivity index (χ4n) is 8.35. The molecule has 2 N–H and O–H groups in total. The number of hydrogen-bond acceptors (Lipinski definition) is 3. The number of unbranched alkanes of at least 4 members (excludes halogenated alkanes) is 1. The van der Waals surface area contributed by atoms with Gasteiger partial charge in [0.25, 0.3) is 0 Å². The lowest BCUT2D eigenvalue weighted by Crippen LogP contribution is -2.58. The average Bonchev–Trinajstić information content (AvgIpc) is 3.45. The SMILES string of the molecule is CC(C)(C)c1ccc(C(=O)CCCC[N+]23CCC(CC2)C32c3ccccc3CCc3ccccc32)cc1.O=C(O)/C=C\C(=O)O. The van der Waals surface area contributed by atoms with Crippen molar-refractivity contribution >= 4 is 17.7 Å². The molecule has 6 rings (SSSR count). The number of benzene rings is 3. The van der Waals surface area contributed by atoms with E-state index in [4.69, 9.17) is 10.2 Å². The molecule has 2 bridgehead atoms. The molecule has 6 nitrogen and oxygen atoms in total. The van der Waals surface area contributed by atoms with Gasteiger partial charge in [-0.05, 0) is 47.8 Å². The van der Waals surface area contributed by atoms with Crippen molar-refractivity contribution < 1.29 is 29.1 Å². The van der Waals surface area contributed by atoms with Gasteiger partial charge in [0.05, 0.1) is 19.6 Å².